The summed E-state index contributed by atoms with van der Waals surface area (Å²) in [6.07, 6.45) is -1.55. The number of hydrogen-bond acceptors (Lipinski definition) is 5. The molecule has 2 aromatic carbocycles. The van der Waals surface area contributed by atoms with Gasteiger partial charge in [0.25, 0.3) is 11.8 Å². The molecule has 31 heavy (non-hydrogen) atoms. The Morgan fingerprint density at radius 1 is 1.16 bits per heavy atom. The molecule has 1 unspecified atom stereocenters. The summed E-state index contributed by atoms with van der Waals surface area (Å²) in [7, 11) is -4.33. The molecule has 2 amide bonds. The van der Waals surface area contributed by atoms with E-state index in [4.69, 9.17) is 17.3 Å². The van der Waals surface area contributed by atoms with Crippen LogP contribution in [-0.2, 0) is 14.8 Å². The lowest BCUT2D eigenvalue weighted by atomic mass is 10.2. The number of halogens is 3. The Labute approximate surface area is 182 Å². The fraction of sp³-hybridized carbons (Fsp3) is 0.263. The van der Waals surface area contributed by atoms with Crippen LogP contribution in [0.25, 0.3) is 0 Å². The molecule has 0 aliphatic carbocycles. The maximum Gasteiger partial charge on any atom is 0.259 e. The molecule has 1 aliphatic rings. The average molecular weight is 473 g/mol. The van der Waals surface area contributed by atoms with Crippen molar-refractivity contribution < 1.29 is 26.8 Å². The fourth-order valence-corrected chi connectivity index (χ4v) is 5.01. The zero-order valence-corrected chi connectivity index (χ0v) is 17.7. The van der Waals surface area contributed by atoms with Crippen molar-refractivity contribution in [2.45, 2.75) is 11.1 Å². The molecule has 0 bridgehead atoms. The highest BCUT2D eigenvalue weighted by molar-refractivity contribution is 7.89. The van der Waals surface area contributed by atoms with E-state index in [9.17, 15) is 26.8 Å². The largest absolute Gasteiger partial charge is 0.352 e. The van der Waals surface area contributed by atoms with Gasteiger partial charge in [-0.2, -0.15) is 4.31 Å². The summed E-state index contributed by atoms with van der Waals surface area (Å²) in [5.41, 5.74) is 5.36. The minimum Gasteiger partial charge on any atom is -0.352 e. The second-order valence-corrected chi connectivity index (χ2v) is 8.95. The Morgan fingerprint density at radius 3 is 2.55 bits per heavy atom. The Bertz CT molecular complexity index is 1120. The monoisotopic (exact) mass is 472 g/mol. The molecular formula is C19H19ClF2N4O4S. The Hall–Kier alpha value is -2.60. The first-order chi connectivity index (χ1) is 14.7. The molecule has 2 aromatic rings. The zero-order chi connectivity index (χ0) is 22.8. The second kappa shape index (κ2) is 9.27. The first-order valence-corrected chi connectivity index (χ1v) is 11.0. The third-order valence-electron chi connectivity index (χ3n) is 4.64. The molecule has 0 spiro atoms. The van der Waals surface area contributed by atoms with Crippen LogP contribution in [0.4, 0.5) is 8.78 Å². The predicted molar refractivity (Wildman–Crippen MR) is 109 cm³/mol. The highest BCUT2D eigenvalue weighted by Crippen LogP contribution is 2.28. The summed E-state index contributed by atoms with van der Waals surface area (Å²) in [6.45, 7) is -0.187. The Balaban J connectivity index is 2.00. The van der Waals surface area contributed by atoms with Crippen LogP contribution in [0.2, 0.25) is 5.02 Å². The van der Waals surface area contributed by atoms with E-state index >= 15 is 0 Å². The topological polar surface area (TPSA) is 113 Å². The highest BCUT2D eigenvalue weighted by Gasteiger charge is 2.46. The molecule has 1 aliphatic heterocycles. The number of carbonyl (C=O) groups excluding carboxylic acids is 2. The lowest BCUT2D eigenvalue weighted by Gasteiger charge is -2.28. The third kappa shape index (κ3) is 4.69. The first kappa shape index (κ1) is 23.1. The van der Waals surface area contributed by atoms with Gasteiger partial charge < -0.3 is 16.0 Å². The van der Waals surface area contributed by atoms with E-state index in [0.717, 1.165) is 39.5 Å². The second-order valence-electron chi connectivity index (χ2n) is 6.65. The van der Waals surface area contributed by atoms with Crippen LogP contribution in [0.15, 0.2) is 47.4 Å². The number of benzene rings is 2. The number of amides is 2. The van der Waals surface area contributed by atoms with Gasteiger partial charge in [0, 0.05) is 31.7 Å². The Morgan fingerprint density at radius 2 is 1.90 bits per heavy atom. The van der Waals surface area contributed by atoms with E-state index in [-0.39, 0.29) is 36.6 Å². The maximum absolute atomic E-state index is 13.6. The van der Waals surface area contributed by atoms with Gasteiger partial charge in [-0.05, 0) is 36.4 Å². The number of hydrogen-bond donors (Lipinski definition) is 2. The lowest BCUT2D eigenvalue weighted by Crippen LogP contribution is -2.54. The quantitative estimate of drug-likeness (QED) is 0.655. The summed E-state index contributed by atoms with van der Waals surface area (Å²) in [5.74, 6) is -2.95. The minimum absolute atomic E-state index is 0.0410. The molecule has 12 heteroatoms. The van der Waals surface area contributed by atoms with E-state index in [1.165, 1.54) is 12.1 Å². The highest BCUT2D eigenvalue weighted by atomic mass is 35.5. The molecule has 0 radical (unpaired) electrons. The molecule has 1 fully saturated rings. The van der Waals surface area contributed by atoms with E-state index in [0.29, 0.717) is 0 Å². The van der Waals surface area contributed by atoms with Crippen molar-refractivity contribution >= 4 is 33.4 Å². The molecule has 3 N–H and O–H groups in total. The number of carbonyl (C=O) groups is 2. The molecule has 3 rings (SSSR count). The van der Waals surface area contributed by atoms with E-state index in [2.05, 4.69) is 5.32 Å². The predicted octanol–water partition coefficient (Wildman–Crippen LogP) is 1.17. The summed E-state index contributed by atoms with van der Waals surface area (Å²) in [5, 5.41) is 2.07. The third-order valence-corrected chi connectivity index (χ3v) is 6.78. The van der Waals surface area contributed by atoms with Crippen molar-refractivity contribution in [3.63, 3.8) is 0 Å². The van der Waals surface area contributed by atoms with Crippen LogP contribution in [0.3, 0.4) is 0 Å². The summed E-state index contributed by atoms with van der Waals surface area (Å²) >= 11 is 5.72. The number of nitrogens with zero attached hydrogens (tertiary/aromatic N) is 2. The molecule has 1 saturated heterocycles. The molecule has 1 heterocycles. The zero-order valence-electron chi connectivity index (χ0n) is 16.1. The minimum atomic E-state index is -4.33. The SMILES string of the molecule is NCCNC(=O)C1N(C(=O)c2cccc(F)c2)CCN1S(=O)(=O)c1ccc(F)c(Cl)c1. The smallest absolute Gasteiger partial charge is 0.259 e. The van der Waals surface area contributed by atoms with Gasteiger partial charge >= 0.3 is 0 Å². The van der Waals surface area contributed by atoms with Gasteiger partial charge in [0.1, 0.15) is 11.6 Å². The van der Waals surface area contributed by atoms with Crippen molar-refractivity contribution in [2.24, 2.45) is 5.73 Å². The standard InChI is InChI=1S/C19H19ClF2N4O4S/c20-15-11-14(4-5-16(15)22)31(29,30)26-9-8-25(18(26)17(27)24-7-6-23)19(28)12-2-1-3-13(21)10-12/h1-5,10-11,18H,6-9,23H2,(H,24,27). The van der Waals surface area contributed by atoms with Gasteiger partial charge in [-0.15, -0.1) is 0 Å². The van der Waals surface area contributed by atoms with Crippen LogP contribution >= 0.6 is 11.6 Å². The number of nitrogens with one attached hydrogen (secondary N) is 1. The van der Waals surface area contributed by atoms with E-state index < -0.39 is 44.7 Å². The van der Waals surface area contributed by atoms with Crippen LogP contribution in [0, 0.1) is 11.6 Å². The van der Waals surface area contributed by atoms with Gasteiger partial charge in [-0.25, -0.2) is 17.2 Å². The van der Waals surface area contributed by atoms with Crippen LogP contribution in [0.5, 0.6) is 0 Å². The number of nitrogens with two attached hydrogens (primary N) is 1. The summed E-state index contributed by atoms with van der Waals surface area (Å²) in [6, 6.07) is 7.68. The molecule has 166 valence electrons. The van der Waals surface area contributed by atoms with Crippen LogP contribution < -0.4 is 11.1 Å². The van der Waals surface area contributed by atoms with Gasteiger partial charge in [0.05, 0.1) is 9.92 Å². The van der Waals surface area contributed by atoms with Gasteiger partial charge in [-0.1, -0.05) is 17.7 Å². The molecule has 0 aromatic heterocycles. The molecule has 8 nitrogen and oxygen atoms in total. The molecular weight excluding hydrogens is 454 g/mol. The van der Waals surface area contributed by atoms with Crippen molar-refractivity contribution in [2.75, 3.05) is 26.2 Å². The van der Waals surface area contributed by atoms with Crippen molar-refractivity contribution in [1.29, 1.82) is 0 Å². The van der Waals surface area contributed by atoms with Gasteiger partial charge in [0.2, 0.25) is 10.0 Å². The van der Waals surface area contributed by atoms with Crippen molar-refractivity contribution in [3.05, 3.63) is 64.7 Å². The van der Waals surface area contributed by atoms with E-state index in [1.807, 2.05) is 0 Å². The normalized spacial score (nSPS) is 17.0. The van der Waals surface area contributed by atoms with Gasteiger partial charge in [0.15, 0.2) is 6.17 Å². The maximum atomic E-state index is 13.6. The van der Waals surface area contributed by atoms with Crippen molar-refractivity contribution in [1.82, 2.24) is 14.5 Å². The summed E-state index contributed by atoms with van der Waals surface area (Å²) < 4.78 is 54.3. The van der Waals surface area contributed by atoms with Crippen LogP contribution in [-0.4, -0.2) is 61.8 Å². The fourth-order valence-electron chi connectivity index (χ4n) is 3.19. The Kier molecular flexibility index (Phi) is 6.90. The molecule has 0 saturated carbocycles. The number of sulfonamides is 1. The van der Waals surface area contributed by atoms with E-state index in [1.54, 1.807) is 0 Å². The average Bonchev–Trinajstić information content (AvgIpc) is 3.19. The van der Waals surface area contributed by atoms with Crippen LogP contribution in [0.1, 0.15) is 10.4 Å². The number of rotatable bonds is 6. The first-order valence-electron chi connectivity index (χ1n) is 9.18. The van der Waals surface area contributed by atoms with Gasteiger partial charge in [-0.3, -0.25) is 9.59 Å². The lowest BCUT2D eigenvalue weighted by molar-refractivity contribution is -0.127. The van der Waals surface area contributed by atoms with Crippen molar-refractivity contribution in [3.8, 4) is 0 Å². The summed E-state index contributed by atoms with van der Waals surface area (Å²) in [4.78, 5) is 26.5. The molecule has 1 atom stereocenters.